The third-order valence-corrected chi connectivity index (χ3v) is 5.28. The maximum atomic E-state index is 12.1. The van der Waals surface area contributed by atoms with Crippen molar-refractivity contribution in [3.05, 3.63) is 74.8 Å². The van der Waals surface area contributed by atoms with Gasteiger partial charge in [0.25, 0.3) is 5.56 Å². The van der Waals surface area contributed by atoms with Gasteiger partial charge in [0, 0.05) is 37.8 Å². The van der Waals surface area contributed by atoms with E-state index in [-0.39, 0.29) is 11.5 Å². The minimum absolute atomic E-state index is 0.134. The normalized spacial score (nSPS) is 14.1. The van der Waals surface area contributed by atoms with Crippen LogP contribution in [0.1, 0.15) is 27.9 Å². The van der Waals surface area contributed by atoms with E-state index < -0.39 is 0 Å². The first kappa shape index (κ1) is 17.4. The van der Waals surface area contributed by atoms with Crippen LogP contribution in [-0.4, -0.2) is 26.4 Å². The van der Waals surface area contributed by atoms with Crippen LogP contribution in [0, 0.1) is 13.8 Å². The molecule has 1 aromatic carbocycles. The van der Waals surface area contributed by atoms with Gasteiger partial charge < -0.3 is 5.73 Å². The molecule has 0 saturated carbocycles. The van der Waals surface area contributed by atoms with E-state index in [1.165, 1.54) is 16.7 Å². The number of H-pyrrole nitrogens is 1. The summed E-state index contributed by atoms with van der Waals surface area (Å²) in [5.74, 6) is 0.193. The van der Waals surface area contributed by atoms with Crippen molar-refractivity contribution in [2.75, 3.05) is 12.3 Å². The van der Waals surface area contributed by atoms with Crippen LogP contribution in [0.15, 0.2) is 41.3 Å². The summed E-state index contributed by atoms with van der Waals surface area (Å²) in [7, 11) is 0. The summed E-state index contributed by atoms with van der Waals surface area (Å²) in [5.41, 5.74) is 12.9. The lowest BCUT2D eigenvalue weighted by Crippen LogP contribution is -2.35. The van der Waals surface area contributed by atoms with Crippen LogP contribution < -0.4 is 11.3 Å². The third kappa shape index (κ3) is 3.48. The van der Waals surface area contributed by atoms with E-state index in [0.29, 0.717) is 6.54 Å². The van der Waals surface area contributed by atoms with Crippen LogP contribution in [0.2, 0.25) is 0 Å². The average Bonchev–Trinajstić information content (AvgIpc) is 2.65. The molecule has 6 nitrogen and oxygen atoms in total. The van der Waals surface area contributed by atoms with Gasteiger partial charge in [0.1, 0.15) is 0 Å². The molecule has 0 amide bonds. The number of aromatic amines is 1. The number of hydrogen-bond donors (Lipinski definition) is 2. The standard InChI is InChI=1S/C21H23N5O/c1-13-4-3-5-16(14(13)2)18-7-6-15(10-23-18)11-26-9-8-19-17(12-26)20(27)25-21(22)24-19/h3-7,10H,8-9,11-12H2,1-2H3,(H3,22,24,25,27). The molecule has 138 valence electrons. The second-order valence-electron chi connectivity index (χ2n) is 7.14. The number of benzene rings is 1. The lowest BCUT2D eigenvalue weighted by atomic mass is 10.0. The molecule has 3 heterocycles. The fourth-order valence-corrected chi connectivity index (χ4v) is 3.60. The molecule has 1 aliphatic rings. The van der Waals surface area contributed by atoms with Gasteiger partial charge in [-0.15, -0.1) is 0 Å². The van der Waals surface area contributed by atoms with Gasteiger partial charge in [-0.1, -0.05) is 24.3 Å². The molecule has 0 aliphatic carbocycles. The fraction of sp³-hybridized carbons (Fsp3) is 0.286. The first-order chi connectivity index (χ1) is 13.0. The molecule has 0 radical (unpaired) electrons. The van der Waals surface area contributed by atoms with Gasteiger partial charge in [0.15, 0.2) is 0 Å². The lowest BCUT2D eigenvalue weighted by Gasteiger charge is -2.27. The second-order valence-corrected chi connectivity index (χ2v) is 7.14. The molecule has 0 bridgehead atoms. The Hall–Kier alpha value is -2.99. The summed E-state index contributed by atoms with van der Waals surface area (Å²) < 4.78 is 0. The number of aryl methyl sites for hydroxylation is 1. The summed E-state index contributed by atoms with van der Waals surface area (Å²) in [6, 6.07) is 10.5. The Bertz CT molecular complexity index is 1040. The van der Waals surface area contributed by atoms with E-state index in [2.05, 4.69) is 64.0 Å². The van der Waals surface area contributed by atoms with E-state index in [9.17, 15) is 4.79 Å². The minimum atomic E-state index is -0.134. The zero-order valence-corrected chi connectivity index (χ0v) is 15.6. The molecule has 27 heavy (non-hydrogen) atoms. The summed E-state index contributed by atoms with van der Waals surface area (Å²) >= 11 is 0. The molecule has 0 saturated heterocycles. The number of aromatic nitrogens is 3. The number of hydrogen-bond acceptors (Lipinski definition) is 5. The summed E-state index contributed by atoms with van der Waals surface area (Å²) in [6.07, 6.45) is 2.66. The van der Waals surface area contributed by atoms with E-state index in [1.54, 1.807) is 0 Å². The molecule has 0 fully saturated rings. The predicted molar refractivity (Wildman–Crippen MR) is 106 cm³/mol. The molecule has 0 unspecified atom stereocenters. The quantitative estimate of drug-likeness (QED) is 0.749. The SMILES string of the molecule is Cc1cccc(-c2ccc(CN3CCc4nc(N)[nH]c(=O)c4C3)cn2)c1C. The van der Waals surface area contributed by atoms with Crippen molar-refractivity contribution in [2.24, 2.45) is 0 Å². The van der Waals surface area contributed by atoms with Gasteiger partial charge >= 0.3 is 0 Å². The highest BCUT2D eigenvalue weighted by Crippen LogP contribution is 2.24. The van der Waals surface area contributed by atoms with Crippen molar-refractivity contribution in [1.29, 1.82) is 0 Å². The molecule has 2 aromatic heterocycles. The van der Waals surface area contributed by atoms with Crippen LogP contribution in [0.5, 0.6) is 0 Å². The van der Waals surface area contributed by atoms with Crippen LogP contribution in [-0.2, 0) is 19.5 Å². The second kappa shape index (κ2) is 6.96. The maximum absolute atomic E-state index is 12.1. The molecule has 6 heteroatoms. The van der Waals surface area contributed by atoms with E-state index in [4.69, 9.17) is 5.73 Å². The Kier molecular flexibility index (Phi) is 4.49. The van der Waals surface area contributed by atoms with Crippen LogP contribution >= 0.6 is 0 Å². The highest BCUT2D eigenvalue weighted by molar-refractivity contribution is 5.64. The van der Waals surface area contributed by atoms with E-state index in [1.807, 2.05) is 6.20 Å². The zero-order valence-electron chi connectivity index (χ0n) is 15.6. The number of nitrogens with one attached hydrogen (secondary N) is 1. The predicted octanol–water partition coefficient (Wildman–Crippen LogP) is 2.59. The molecule has 0 atom stereocenters. The van der Waals surface area contributed by atoms with Gasteiger partial charge in [0.2, 0.25) is 5.95 Å². The van der Waals surface area contributed by atoms with Crippen molar-refractivity contribution >= 4 is 5.95 Å². The van der Waals surface area contributed by atoms with E-state index >= 15 is 0 Å². The third-order valence-electron chi connectivity index (χ3n) is 5.28. The van der Waals surface area contributed by atoms with Crippen molar-refractivity contribution in [1.82, 2.24) is 19.9 Å². The first-order valence-electron chi connectivity index (χ1n) is 9.12. The number of nitrogen functional groups attached to an aromatic ring is 1. The van der Waals surface area contributed by atoms with Crippen molar-refractivity contribution in [3.8, 4) is 11.3 Å². The van der Waals surface area contributed by atoms with Gasteiger partial charge in [-0.2, -0.15) is 0 Å². The molecule has 0 spiro atoms. The Morgan fingerprint density at radius 3 is 2.85 bits per heavy atom. The van der Waals surface area contributed by atoms with Gasteiger partial charge in [-0.25, -0.2) is 4.98 Å². The van der Waals surface area contributed by atoms with Gasteiger partial charge in [0.05, 0.1) is 17.0 Å². The van der Waals surface area contributed by atoms with Crippen molar-refractivity contribution < 1.29 is 0 Å². The van der Waals surface area contributed by atoms with Crippen molar-refractivity contribution in [2.45, 2.75) is 33.4 Å². The number of nitrogens with zero attached hydrogens (tertiary/aromatic N) is 3. The summed E-state index contributed by atoms with van der Waals surface area (Å²) in [6.45, 7) is 6.43. The Labute approximate surface area is 158 Å². The largest absolute Gasteiger partial charge is 0.369 e. The lowest BCUT2D eigenvalue weighted by molar-refractivity contribution is 0.241. The van der Waals surface area contributed by atoms with Crippen LogP contribution in [0.3, 0.4) is 0 Å². The molecule has 4 rings (SSSR count). The Balaban J connectivity index is 1.51. The number of rotatable bonds is 3. The molecule has 3 aromatic rings. The summed E-state index contributed by atoms with van der Waals surface area (Å²) in [4.78, 5) is 25.9. The van der Waals surface area contributed by atoms with Crippen LogP contribution in [0.25, 0.3) is 11.3 Å². The number of pyridine rings is 1. The Morgan fingerprint density at radius 2 is 2.07 bits per heavy atom. The highest BCUT2D eigenvalue weighted by atomic mass is 16.1. The fourth-order valence-electron chi connectivity index (χ4n) is 3.60. The van der Waals surface area contributed by atoms with Crippen LogP contribution in [0.4, 0.5) is 5.95 Å². The molecular formula is C21H23N5O. The molecular weight excluding hydrogens is 338 g/mol. The van der Waals surface area contributed by atoms with Crippen molar-refractivity contribution in [3.63, 3.8) is 0 Å². The number of nitrogens with two attached hydrogens (primary N) is 1. The highest BCUT2D eigenvalue weighted by Gasteiger charge is 2.21. The smallest absolute Gasteiger partial charge is 0.257 e. The van der Waals surface area contributed by atoms with E-state index in [0.717, 1.165) is 42.0 Å². The molecule has 1 aliphatic heterocycles. The Morgan fingerprint density at radius 1 is 1.22 bits per heavy atom. The van der Waals surface area contributed by atoms with Gasteiger partial charge in [-0.05, 0) is 36.6 Å². The molecule has 3 N–H and O–H groups in total. The van der Waals surface area contributed by atoms with Gasteiger partial charge in [-0.3, -0.25) is 19.7 Å². The minimum Gasteiger partial charge on any atom is -0.369 e. The average molecular weight is 361 g/mol. The zero-order chi connectivity index (χ0) is 19.0. The maximum Gasteiger partial charge on any atom is 0.257 e. The monoisotopic (exact) mass is 361 g/mol. The number of fused-ring (bicyclic) bond motifs is 1. The topological polar surface area (TPSA) is 87.9 Å². The summed E-state index contributed by atoms with van der Waals surface area (Å²) in [5, 5.41) is 0. The number of anilines is 1. The first-order valence-corrected chi connectivity index (χ1v) is 9.12.